The van der Waals surface area contributed by atoms with E-state index < -0.39 is 10.0 Å². The van der Waals surface area contributed by atoms with Gasteiger partial charge in [-0.2, -0.15) is 18.4 Å². The van der Waals surface area contributed by atoms with Crippen molar-refractivity contribution >= 4 is 39.2 Å². The van der Waals surface area contributed by atoms with Crippen LogP contribution in [0.2, 0.25) is 5.02 Å². The molecule has 0 aliphatic heterocycles. The topological polar surface area (TPSA) is 71.4 Å². The van der Waals surface area contributed by atoms with Gasteiger partial charge in [-0.05, 0) is 42.0 Å². The highest BCUT2D eigenvalue weighted by atomic mass is 35.5. The average molecular weight is 378 g/mol. The molecular weight excluding hydrogens is 366 g/mol. The maximum Gasteiger partial charge on any atom is 0.286 e. The summed E-state index contributed by atoms with van der Waals surface area (Å²) in [6.45, 7) is 0. The third-order valence-corrected chi connectivity index (χ3v) is 6.09. The summed E-state index contributed by atoms with van der Waals surface area (Å²) >= 11 is 6.93. The fourth-order valence-electron chi connectivity index (χ4n) is 1.87. The van der Waals surface area contributed by atoms with Crippen LogP contribution < -0.4 is 4.83 Å². The van der Waals surface area contributed by atoms with E-state index in [-0.39, 0.29) is 4.21 Å². The van der Waals surface area contributed by atoms with Crippen LogP contribution in [0.15, 0.2) is 70.1 Å². The molecule has 0 spiro atoms. The van der Waals surface area contributed by atoms with Crippen molar-refractivity contribution in [2.24, 2.45) is 5.10 Å². The number of nitrogens with one attached hydrogen (secondary N) is 1. The molecule has 2 heterocycles. The Hall–Kier alpha value is -2.22. The Morgan fingerprint density at radius 1 is 1.08 bits per heavy atom. The predicted molar refractivity (Wildman–Crippen MR) is 96.9 cm³/mol. The second-order valence-electron chi connectivity index (χ2n) is 4.74. The van der Waals surface area contributed by atoms with E-state index >= 15 is 0 Å². The number of halogens is 1. The molecule has 24 heavy (non-hydrogen) atoms. The third-order valence-electron chi connectivity index (χ3n) is 3.02. The number of hydrazone groups is 1. The monoisotopic (exact) mass is 377 g/mol. The standard InChI is InChI=1S/C16H12ClN3O2S2/c17-13-6-4-12(5-7-13)11-19-20-24(21,22)16-9-8-15(23-16)14-3-1-2-10-18-14/h1-11,20H. The van der Waals surface area contributed by atoms with Crippen LogP contribution in [0.4, 0.5) is 0 Å². The lowest BCUT2D eigenvalue weighted by Crippen LogP contribution is -2.17. The number of thiophene rings is 1. The van der Waals surface area contributed by atoms with E-state index in [1.165, 1.54) is 12.3 Å². The van der Waals surface area contributed by atoms with E-state index in [4.69, 9.17) is 11.6 Å². The summed E-state index contributed by atoms with van der Waals surface area (Å²) in [6, 6.07) is 15.6. The van der Waals surface area contributed by atoms with Gasteiger partial charge in [-0.15, -0.1) is 11.3 Å². The Balaban J connectivity index is 1.74. The molecule has 1 aromatic carbocycles. The molecule has 1 N–H and O–H groups in total. The van der Waals surface area contributed by atoms with E-state index in [1.54, 1.807) is 36.5 Å². The Bertz CT molecular complexity index is 953. The smallest absolute Gasteiger partial charge is 0.255 e. The Morgan fingerprint density at radius 3 is 2.58 bits per heavy atom. The molecule has 122 valence electrons. The van der Waals surface area contributed by atoms with E-state index in [0.29, 0.717) is 5.02 Å². The van der Waals surface area contributed by atoms with Crippen LogP contribution in [-0.4, -0.2) is 19.6 Å². The van der Waals surface area contributed by atoms with Crippen molar-refractivity contribution in [1.82, 2.24) is 9.82 Å². The average Bonchev–Trinajstić information content (AvgIpc) is 3.08. The lowest BCUT2D eigenvalue weighted by atomic mass is 10.2. The van der Waals surface area contributed by atoms with Gasteiger partial charge < -0.3 is 0 Å². The first-order valence-corrected chi connectivity index (χ1v) is 9.54. The first-order chi connectivity index (χ1) is 11.5. The van der Waals surface area contributed by atoms with Crippen molar-refractivity contribution < 1.29 is 8.42 Å². The first-order valence-electron chi connectivity index (χ1n) is 6.86. The fourth-order valence-corrected chi connectivity index (χ4v) is 4.06. The minimum absolute atomic E-state index is 0.177. The molecule has 0 saturated carbocycles. The highest BCUT2D eigenvalue weighted by molar-refractivity contribution is 7.91. The maximum absolute atomic E-state index is 12.3. The van der Waals surface area contributed by atoms with Gasteiger partial charge >= 0.3 is 0 Å². The molecule has 2 aromatic heterocycles. The second-order valence-corrected chi connectivity index (χ2v) is 8.15. The predicted octanol–water partition coefficient (Wildman–Crippen LogP) is 3.78. The summed E-state index contributed by atoms with van der Waals surface area (Å²) < 4.78 is 24.7. The zero-order chi connectivity index (χ0) is 17.0. The van der Waals surface area contributed by atoms with Gasteiger partial charge in [-0.1, -0.05) is 29.8 Å². The van der Waals surface area contributed by atoms with Gasteiger partial charge in [0.05, 0.1) is 16.8 Å². The largest absolute Gasteiger partial charge is 0.286 e. The molecule has 0 atom stereocenters. The van der Waals surface area contributed by atoms with Crippen LogP contribution in [0.5, 0.6) is 0 Å². The van der Waals surface area contributed by atoms with Crippen LogP contribution in [-0.2, 0) is 10.0 Å². The number of benzene rings is 1. The van der Waals surface area contributed by atoms with Gasteiger partial charge in [0, 0.05) is 11.2 Å². The number of sulfonamides is 1. The number of aromatic nitrogens is 1. The second kappa shape index (κ2) is 7.12. The summed E-state index contributed by atoms with van der Waals surface area (Å²) in [5, 5.41) is 4.39. The van der Waals surface area contributed by atoms with Gasteiger partial charge in [-0.3, -0.25) is 4.98 Å². The van der Waals surface area contributed by atoms with E-state index in [2.05, 4.69) is 14.9 Å². The minimum atomic E-state index is -3.71. The molecule has 0 aliphatic rings. The molecule has 0 aliphatic carbocycles. The van der Waals surface area contributed by atoms with Crippen molar-refractivity contribution in [3.8, 4) is 10.6 Å². The highest BCUT2D eigenvalue weighted by Crippen LogP contribution is 2.29. The van der Waals surface area contributed by atoms with Crippen LogP contribution in [0.1, 0.15) is 5.56 Å². The molecule has 0 unspecified atom stereocenters. The van der Waals surface area contributed by atoms with Crippen LogP contribution in [0.3, 0.4) is 0 Å². The zero-order valence-corrected chi connectivity index (χ0v) is 14.6. The number of hydrogen-bond donors (Lipinski definition) is 1. The van der Waals surface area contributed by atoms with E-state index in [0.717, 1.165) is 27.5 Å². The quantitative estimate of drug-likeness (QED) is 0.543. The van der Waals surface area contributed by atoms with Gasteiger partial charge in [0.1, 0.15) is 4.21 Å². The van der Waals surface area contributed by atoms with Crippen LogP contribution >= 0.6 is 22.9 Å². The van der Waals surface area contributed by atoms with Gasteiger partial charge in [0.15, 0.2) is 0 Å². The van der Waals surface area contributed by atoms with Crippen molar-refractivity contribution in [2.45, 2.75) is 4.21 Å². The van der Waals surface area contributed by atoms with E-state index in [9.17, 15) is 8.42 Å². The highest BCUT2D eigenvalue weighted by Gasteiger charge is 2.16. The minimum Gasteiger partial charge on any atom is -0.255 e. The number of hydrogen-bond acceptors (Lipinski definition) is 5. The summed E-state index contributed by atoms with van der Waals surface area (Å²) in [7, 11) is -3.71. The lowest BCUT2D eigenvalue weighted by Gasteiger charge is -2.00. The number of rotatable bonds is 5. The SMILES string of the molecule is O=S(=O)(NN=Cc1ccc(Cl)cc1)c1ccc(-c2ccccn2)s1. The molecule has 8 heteroatoms. The summed E-state index contributed by atoms with van der Waals surface area (Å²) in [5.41, 5.74) is 1.47. The molecule has 0 radical (unpaired) electrons. The van der Waals surface area contributed by atoms with Crippen LogP contribution in [0.25, 0.3) is 10.6 Å². The summed E-state index contributed by atoms with van der Waals surface area (Å²) in [4.78, 5) is 7.19. The molecule has 0 saturated heterocycles. The normalized spacial score (nSPS) is 11.7. The van der Waals surface area contributed by atoms with Crippen molar-refractivity contribution in [3.05, 3.63) is 71.4 Å². The van der Waals surface area contributed by atoms with Crippen LogP contribution in [0, 0.1) is 0 Å². The molecule has 0 bridgehead atoms. The third kappa shape index (κ3) is 4.00. The van der Waals surface area contributed by atoms with Crippen molar-refractivity contribution in [2.75, 3.05) is 0 Å². The number of nitrogens with zero attached hydrogens (tertiary/aromatic N) is 2. The Morgan fingerprint density at radius 2 is 1.88 bits per heavy atom. The maximum atomic E-state index is 12.3. The summed E-state index contributed by atoms with van der Waals surface area (Å²) in [5.74, 6) is 0. The molecular formula is C16H12ClN3O2S2. The molecule has 0 amide bonds. The summed E-state index contributed by atoms with van der Waals surface area (Å²) in [6.07, 6.45) is 3.08. The lowest BCUT2D eigenvalue weighted by molar-refractivity contribution is 0.587. The fraction of sp³-hybridized carbons (Fsp3) is 0. The molecule has 0 fully saturated rings. The van der Waals surface area contributed by atoms with Gasteiger partial charge in [0.2, 0.25) is 0 Å². The van der Waals surface area contributed by atoms with Gasteiger partial charge in [-0.25, -0.2) is 0 Å². The Labute approximate surface area is 148 Å². The van der Waals surface area contributed by atoms with E-state index in [1.807, 2.05) is 18.2 Å². The van der Waals surface area contributed by atoms with Crippen molar-refractivity contribution in [1.29, 1.82) is 0 Å². The molecule has 3 rings (SSSR count). The molecule has 3 aromatic rings. The Kier molecular flexibility index (Phi) is 4.94. The van der Waals surface area contributed by atoms with Gasteiger partial charge in [0.25, 0.3) is 10.0 Å². The zero-order valence-electron chi connectivity index (χ0n) is 12.3. The molecule has 5 nitrogen and oxygen atoms in total. The van der Waals surface area contributed by atoms with Crippen molar-refractivity contribution in [3.63, 3.8) is 0 Å². The first kappa shape index (κ1) is 16.6. The number of pyridine rings is 1.